The van der Waals surface area contributed by atoms with Crippen LogP contribution in [0.5, 0.6) is 0 Å². The standard InChI is InChI=1S/C14H21N/c1-11-5-6-13(12(2)9-11)10-14(3)7-4-8-15-14/h5-6,9,15H,4,7-8,10H2,1-3H3. The Morgan fingerprint density at radius 2 is 2.13 bits per heavy atom. The van der Waals surface area contributed by atoms with Crippen molar-refractivity contribution in [1.82, 2.24) is 5.32 Å². The first kappa shape index (κ1) is 10.7. The van der Waals surface area contributed by atoms with Gasteiger partial charge in [0.25, 0.3) is 0 Å². The molecule has 2 rings (SSSR count). The lowest BCUT2D eigenvalue weighted by atomic mass is 9.89. The summed E-state index contributed by atoms with van der Waals surface area (Å²) in [4.78, 5) is 0. The van der Waals surface area contributed by atoms with E-state index in [0.29, 0.717) is 5.54 Å². The van der Waals surface area contributed by atoms with Gasteiger partial charge in [0.05, 0.1) is 0 Å². The fraction of sp³-hybridized carbons (Fsp3) is 0.571. The highest BCUT2D eigenvalue weighted by atomic mass is 15.0. The predicted octanol–water partition coefficient (Wildman–Crippen LogP) is 2.99. The summed E-state index contributed by atoms with van der Waals surface area (Å²) < 4.78 is 0. The largest absolute Gasteiger partial charge is 0.311 e. The van der Waals surface area contributed by atoms with Gasteiger partial charge in [-0.2, -0.15) is 0 Å². The Labute approximate surface area is 92.9 Å². The Morgan fingerprint density at radius 1 is 1.33 bits per heavy atom. The maximum absolute atomic E-state index is 3.62. The normalized spacial score (nSPS) is 25.8. The monoisotopic (exact) mass is 203 g/mol. The first-order valence-corrected chi connectivity index (χ1v) is 5.90. The van der Waals surface area contributed by atoms with E-state index < -0.39 is 0 Å². The van der Waals surface area contributed by atoms with E-state index in [4.69, 9.17) is 0 Å². The van der Waals surface area contributed by atoms with Crippen LogP contribution in [0.4, 0.5) is 0 Å². The lowest BCUT2D eigenvalue weighted by molar-refractivity contribution is 0.412. The van der Waals surface area contributed by atoms with Gasteiger partial charge in [0.1, 0.15) is 0 Å². The van der Waals surface area contributed by atoms with Crippen LogP contribution in [0.2, 0.25) is 0 Å². The second-order valence-electron chi connectivity index (χ2n) is 5.20. The highest BCUT2D eigenvalue weighted by Gasteiger charge is 2.28. The third kappa shape index (κ3) is 2.40. The van der Waals surface area contributed by atoms with Crippen LogP contribution >= 0.6 is 0 Å². The molecule has 1 fully saturated rings. The molecule has 0 aromatic heterocycles. The molecule has 1 atom stereocenters. The number of hydrogen-bond donors (Lipinski definition) is 1. The molecule has 1 aliphatic rings. The van der Waals surface area contributed by atoms with Crippen LogP contribution < -0.4 is 5.32 Å². The molecule has 0 saturated carbocycles. The topological polar surface area (TPSA) is 12.0 Å². The quantitative estimate of drug-likeness (QED) is 0.779. The minimum atomic E-state index is 0.333. The smallest absolute Gasteiger partial charge is 0.0194 e. The number of hydrogen-bond acceptors (Lipinski definition) is 1. The van der Waals surface area contributed by atoms with Crippen LogP contribution in [0.3, 0.4) is 0 Å². The second kappa shape index (κ2) is 3.97. The Bertz CT molecular complexity index is 348. The van der Waals surface area contributed by atoms with E-state index in [-0.39, 0.29) is 0 Å². The maximum atomic E-state index is 3.62. The molecule has 1 heterocycles. The minimum absolute atomic E-state index is 0.333. The van der Waals surface area contributed by atoms with Crippen molar-refractivity contribution in [1.29, 1.82) is 0 Å². The van der Waals surface area contributed by atoms with Crippen molar-refractivity contribution in [3.05, 3.63) is 34.9 Å². The summed E-state index contributed by atoms with van der Waals surface area (Å²) in [7, 11) is 0. The summed E-state index contributed by atoms with van der Waals surface area (Å²) in [5, 5.41) is 3.62. The molecule has 1 saturated heterocycles. The van der Waals surface area contributed by atoms with Gasteiger partial charge >= 0.3 is 0 Å². The number of rotatable bonds is 2. The predicted molar refractivity (Wildman–Crippen MR) is 65.3 cm³/mol. The van der Waals surface area contributed by atoms with Crippen LogP contribution in [0.25, 0.3) is 0 Å². The van der Waals surface area contributed by atoms with Gasteiger partial charge < -0.3 is 5.32 Å². The van der Waals surface area contributed by atoms with Crippen molar-refractivity contribution in [2.45, 2.75) is 45.6 Å². The Balaban J connectivity index is 2.16. The fourth-order valence-corrected chi connectivity index (χ4v) is 2.57. The van der Waals surface area contributed by atoms with Crippen molar-refractivity contribution in [2.24, 2.45) is 0 Å². The third-order valence-electron chi connectivity index (χ3n) is 3.54. The lowest BCUT2D eigenvalue weighted by Crippen LogP contribution is -2.38. The average Bonchev–Trinajstić information content (AvgIpc) is 2.58. The van der Waals surface area contributed by atoms with Crippen LogP contribution in [-0.4, -0.2) is 12.1 Å². The van der Waals surface area contributed by atoms with Crippen molar-refractivity contribution in [3.8, 4) is 0 Å². The summed E-state index contributed by atoms with van der Waals surface area (Å²) in [5.41, 5.74) is 4.63. The molecule has 1 nitrogen and oxygen atoms in total. The van der Waals surface area contributed by atoms with Crippen molar-refractivity contribution < 1.29 is 0 Å². The van der Waals surface area contributed by atoms with E-state index >= 15 is 0 Å². The van der Waals surface area contributed by atoms with E-state index in [2.05, 4.69) is 44.3 Å². The van der Waals surface area contributed by atoms with E-state index in [0.717, 1.165) is 0 Å². The van der Waals surface area contributed by atoms with Gasteiger partial charge in [0, 0.05) is 5.54 Å². The molecule has 0 amide bonds. The summed E-state index contributed by atoms with van der Waals surface area (Å²) in [6.07, 6.45) is 3.79. The van der Waals surface area contributed by atoms with E-state index in [1.165, 1.54) is 42.5 Å². The van der Waals surface area contributed by atoms with Gasteiger partial charge in [0.15, 0.2) is 0 Å². The average molecular weight is 203 g/mol. The van der Waals surface area contributed by atoms with E-state index in [9.17, 15) is 0 Å². The Kier molecular flexibility index (Phi) is 2.83. The molecule has 82 valence electrons. The summed E-state index contributed by atoms with van der Waals surface area (Å²) in [5.74, 6) is 0. The fourth-order valence-electron chi connectivity index (χ4n) is 2.57. The van der Waals surface area contributed by atoms with Gasteiger partial charge in [-0.25, -0.2) is 0 Å². The van der Waals surface area contributed by atoms with Crippen LogP contribution in [0.1, 0.15) is 36.5 Å². The zero-order chi connectivity index (χ0) is 10.9. The number of benzene rings is 1. The van der Waals surface area contributed by atoms with Gasteiger partial charge in [-0.05, 0) is 57.7 Å². The molecule has 0 radical (unpaired) electrons. The van der Waals surface area contributed by atoms with Crippen LogP contribution in [0, 0.1) is 13.8 Å². The zero-order valence-corrected chi connectivity index (χ0v) is 10.1. The van der Waals surface area contributed by atoms with Crippen LogP contribution in [-0.2, 0) is 6.42 Å². The molecular weight excluding hydrogens is 182 g/mol. The summed E-state index contributed by atoms with van der Waals surface area (Å²) in [6, 6.07) is 6.80. The molecule has 0 bridgehead atoms. The van der Waals surface area contributed by atoms with Crippen molar-refractivity contribution >= 4 is 0 Å². The molecule has 0 spiro atoms. The molecule has 1 N–H and O–H groups in total. The first-order valence-electron chi connectivity index (χ1n) is 5.90. The van der Waals surface area contributed by atoms with Gasteiger partial charge in [-0.3, -0.25) is 0 Å². The summed E-state index contributed by atoms with van der Waals surface area (Å²) >= 11 is 0. The van der Waals surface area contributed by atoms with Gasteiger partial charge in [-0.15, -0.1) is 0 Å². The van der Waals surface area contributed by atoms with Crippen LogP contribution in [0.15, 0.2) is 18.2 Å². The SMILES string of the molecule is Cc1ccc(CC2(C)CCCN2)c(C)c1. The maximum Gasteiger partial charge on any atom is 0.0194 e. The van der Waals surface area contributed by atoms with Crippen molar-refractivity contribution in [2.75, 3.05) is 6.54 Å². The summed E-state index contributed by atoms with van der Waals surface area (Å²) in [6.45, 7) is 7.91. The molecule has 1 aromatic rings. The van der Waals surface area contributed by atoms with Gasteiger partial charge in [0.2, 0.25) is 0 Å². The number of nitrogens with one attached hydrogen (secondary N) is 1. The van der Waals surface area contributed by atoms with E-state index in [1.54, 1.807) is 0 Å². The Hall–Kier alpha value is -0.820. The zero-order valence-electron chi connectivity index (χ0n) is 10.1. The molecule has 1 unspecified atom stereocenters. The lowest BCUT2D eigenvalue weighted by Gasteiger charge is -2.25. The number of aryl methyl sites for hydroxylation is 2. The van der Waals surface area contributed by atoms with Gasteiger partial charge in [-0.1, -0.05) is 23.8 Å². The highest BCUT2D eigenvalue weighted by Crippen LogP contribution is 2.25. The molecule has 1 heteroatoms. The molecule has 1 aromatic carbocycles. The van der Waals surface area contributed by atoms with E-state index in [1.807, 2.05) is 0 Å². The first-order chi connectivity index (χ1) is 7.09. The molecule has 15 heavy (non-hydrogen) atoms. The molecular formula is C14H21N. The Morgan fingerprint density at radius 3 is 2.73 bits per heavy atom. The second-order valence-corrected chi connectivity index (χ2v) is 5.20. The minimum Gasteiger partial charge on any atom is -0.311 e. The third-order valence-corrected chi connectivity index (χ3v) is 3.54. The highest BCUT2D eigenvalue weighted by molar-refractivity contribution is 5.31. The molecule has 1 aliphatic heterocycles. The molecule has 0 aliphatic carbocycles. The van der Waals surface area contributed by atoms with Crippen molar-refractivity contribution in [3.63, 3.8) is 0 Å².